The van der Waals surface area contributed by atoms with Gasteiger partial charge in [0.15, 0.2) is 11.9 Å². The molecule has 2 atom stereocenters. The van der Waals surface area contributed by atoms with Gasteiger partial charge in [-0.1, -0.05) is 39.0 Å². The number of nitrogens with one attached hydrogen (secondary N) is 1. The molecule has 0 saturated heterocycles. The molecule has 1 aromatic heterocycles. The van der Waals surface area contributed by atoms with E-state index in [1.165, 1.54) is 12.3 Å². The maximum absolute atomic E-state index is 13.7. The molecule has 5 nitrogen and oxygen atoms in total. The lowest BCUT2D eigenvalue weighted by Gasteiger charge is -2.47. The number of benzene rings is 1. The number of halogens is 3. The maximum Gasteiger partial charge on any atom is 0.418 e. The predicted molar refractivity (Wildman–Crippen MR) is 122 cm³/mol. The molecule has 2 aliphatic heterocycles. The quantitative estimate of drug-likeness (QED) is 0.574. The average molecular weight is 467 g/mol. The number of hydrogen-bond acceptors (Lipinski definition) is 5. The summed E-state index contributed by atoms with van der Waals surface area (Å²) in [5.41, 5.74) is 1.84. The van der Waals surface area contributed by atoms with Crippen molar-refractivity contribution in [2.75, 3.05) is 0 Å². The van der Waals surface area contributed by atoms with Crippen LogP contribution in [0.2, 0.25) is 0 Å². The fourth-order valence-electron chi connectivity index (χ4n) is 5.71. The highest BCUT2D eigenvalue weighted by Crippen LogP contribution is 2.54. The molecule has 2 aromatic rings. The SMILES string of the molecule is CC[C@@]1(c2cccc(-c3ccncc3C(F)(F)F)c2)C2=CN=NC2NC2=C1C(=O)CC(C)(C)C2. The molecule has 1 aliphatic carbocycles. The summed E-state index contributed by atoms with van der Waals surface area (Å²) in [5.74, 6) is 0.0529. The number of carbonyl (C=O) groups is 1. The number of pyridine rings is 1. The second kappa shape index (κ2) is 7.61. The minimum atomic E-state index is -4.53. The van der Waals surface area contributed by atoms with Crippen LogP contribution in [0.3, 0.4) is 0 Å². The minimum absolute atomic E-state index is 0.0529. The van der Waals surface area contributed by atoms with Crippen LogP contribution in [-0.2, 0) is 16.4 Å². The first-order chi connectivity index (χ1) is 16.1. The van der Waals surface area contributed by atoms with E-state index in [9.17, 15) is 18.0 Å². The smallest absolute Gasteiger partial charge is 0.362 e. The number of ketones is 1. The van der Waals surface area contributed by atoms with Crippen LogP contribution >= 0.6 is 0 Å². The van der Waals surface area contributed by atoms with Crippen molar-refractivity contribution in [1.82, 2.24) is 10.3 Å². The monoisotopic (exact) mass is 466 g/mol. The van der Waals surface area contributed by atoms with Gasteiger partial charge in [-0.05, 0) is 47.1 Å². The highest BCUT2D eigenvalue weighted by molar-refractivity contribution is 6.01. The van der Waals surface area contributed by atoms with Gasteiger partial charge in [0, 0.05) is 35.7 Å². The zero-order chi connectivity index (χ0) is 24.3. The summed E-state index contributed by atoms with van der Waals surface area (Å²) in [5, 5.41) is 11.9. The summed E-state index contributed by atoms with van der Waals surface area (Å²) in [4.78, 5) is 17.3. The normalized spacial score (nSPS) is 25.5. The summed E-state index contributed by atoms with van der Waals surface area (Å²) < 4.78 is 41.2. The third-order valence-corrected chi connectivity index (χ3v) is 7.10. The molecular weight excluding hydrogens is 441 g/mol. The summed E-state index contributed by atoms with van der Waals surface area (Å²) in [6, 6.07) is 8.45. The lowest BCUT2D eigenvalue weighted by atomic mass is 9.58. The summed E-state index contributed by atoms with van der Waals surface area (Å²) in [6.45, 7) is 6.13. The van der Waals surface area contributed by atoms with Crippen LogP contribution in [0, 0.1) is 5.41 Å². The van der Waals surface area contributed by atoms with E-state index in [0.717, 1.165) is 23.0 Å². The van der Waals surface area contributed by atoms with E-state index in [2.05, 4.69) is 34.4 Å². The molecule has 1 unspecified atom stereocenters. The molecule has 0 saturated carbocycles. The predicted octanol–water partition coefficient (Wildman–Crippen LogP) is 6.34. The van der Waals surface area contributed by atoms with E-state index in [1.54, 1.807) is 24.4 Å². The molecule has 0 fully saturated rings. The number of azo groups is 1. The molecule has 0 spiro atoms. The number of carbonyl (C=O) groups excluding carboxylic acids is 1. The highest BCUT2D eigenvalue weighted by atomic mass is 19.4. The zero-order valence-corrected chi connectivity index (χ0v) is 19.2. The van der Waals surface area contributed by atoms with Crippen molar-refractivity contribution >= 4 is 5.78 Å². The molecule has 1 aromatic carbocycles. The molecule has 3 heterocycles. The minimum Gasteiger partial charge on any atom is -0.362 e. The maximum atomic E-state index is 13.7. The number of aromatic nitrogens is 1. The van der Waals surface area contributed by atoms with Gasteiger partial charge in [0.25, 0.3) is 0 Å². The highest BCUT2D eigenvalue weighted by Gasteiger charge is 2.53. The second-order valence-electron chi connectivity index (χ2n) is 9.92. The number of allylic oxidation sites excluding steroid dienone is 2. The van der Waals surface area contributed by atoms with E-state index >= 15 is 0 Å². The number of hydrogen-bond donors (Lipinski definition) is 1. The Bertz CT molecular complexity index is 1270. The van der Waals surface area contributed by atoms with Crippen molar-refractivity contribution in [3.05, 3.63) is 76.9 Å². The van der Waals surface area contributed by atoms with E-state index in [0.29, 0.717) is 30.4 Å². The van der Waals surface area contributed by atoms with Crippen molar-refractivity contribution in [2.24, 2.45) is 15.6 Å². The van der Waals surface area contributed by atoms with Gasteiger partial charge in [-0.15, -0.1) is 0 Å². The molecule has 3 aliphatic rings. The van der Waals surface area contributed by atoms with Crippen molar-refractivity contribution < 1.29 is 18.0 Å². The number of nitrogens with zero attached hydrogens (tertiary/aromatic N) is 3. The number of alkyl halides is 3. The Labute approximate surface area is 195 Å². The van der Waals surface area contributed by atoms with Crippen molar-refractivity contribution in [3.8, 4) is 11.1 Å². The van der Waals surface area contributed by atoms with Gasteiger partial charge >= 0.3 is 6.18 Å². The number of rotatable bonds is 3. The summed E-state index contributed by atoms with van der Waals surface area (Å²) >= 11 is 0. The van der Waals surface area contributed by atoms with Gasteiger partial charge in [0.05, 0.1) is 17.2 Å². The molecule has 0 amide bonds. The van der Waals surface area contributed by atoms with Crippen LogP contribution in [0.1, 0.15) is 51.2 Å². The Hall–Kier alpha value is -3.29. The Balaban J connectivity index is 1.74. The standard InChI is InChI=1S/C26H25F3N4O/c1-4-25(16-7-5-6-15(10-16)17-8-9-30-13-18(17)26(27,28)29)19-14-31-33-23(19)32-20-11-24(2,3)12-21(34)22(20)25/h5-10,13-14,23,32H,4,11-12H2,1-3H3/t23?,25-/m1/s1. The first-order valence-corrected chi connectivity index (χ1v) is 11.3. The van der Waals surface area contributed by atoms with Gasteiger partial charge < -0.3 is 5.32 Å². The van der Waals surface area contributed by atoms with Gasteiger partial charge in [0.2, 0.25) is 0 Å². The van der Waals surface area contributed by atoms with Crippen molar-refractivity contribution in [2.45, 2.75) is 57.8 Å². The first-order valence-electron chi connectivity index (χ1n) is 11.3. The van der Waals surface area contributed by atoms with E-state index in [1.807, 2.05) is 13.0 Å². The average Bonchev–Trinajstić information content (AvgIpc) is 3.25. The van der Waals surface area contributed by atoms with Crippen LogP contribution in [0.5, 0.6) is 0 Å². The molecule has 0 radical (unpaired) electrons. The van der Waals surface area contributed by atoms with Gasteiger partial charge in [-0.3, -0.25) is 9.78 Å². The fraction of sp³-hybridized carbons (Fsp3) is 0.385. The molecule has 1 N–H and O–H groups in total. The topological polar surface area (TPSA) is 66.7 Å². The second-order valence-corrected chi connectivity index (χ2v) is 9.92. The van der Waals surface area contributed by atoms with Crippen LogP contribution < -0.4 is 5.32 Å². The molecule has 8 heteroatoms. The lowest BCUT2D eigenvalue weighted by molar-refractivity contribution is -0.137. The third-order valence-electron chi connectivity index (χ3n) is 7.10. The van der Waals surface area contributed by atoms with E-state index in [4.69, 9.17) is 0 Å². The Morgan fingerprint density at radius 1 is 1.18 bits per heavy atom. The van der Waals surface area contributed by atoms with E-state index < -0.39 is 23.3 Å². The van der Waals surface area contributed by atoms with Gasteiger partial charge in [-0.25, -0.2) is 0 Å². The first kappa shape index (κ1) is 22.5. The zero-order valence-electron chi connectivity index (χ0n) is 19.2. The third kappa shape index (κ3) is 3.38. The van der Waals surface area contributed by atoms with Gasteiger partial charge in [-0.2, -0.15) is 23.4 Å². The molecule has 176 valence electrons. The van der Waals surface area contributed by atoms with Gasteiger partial charge in [0.1, 0.15) is 0 Å². The van der Waals surface area contributed by atoms with E-state index in [-0.39, 0.29) is 16.8 Å². The number of fused-ring (bicyclic) bond motifs is 1. The van der Waals surface area contributed by atoms with Crippen molar-refractivity contribution in [1.29, 1.82) is 0 Å². The Kier molecular flexibility index (Phi) is 5.04. The molecular formula is C26H25F3N4O. The largest absolute Gasteiger partial charge is 0.418 e. The van der Waals surface area contributed by atoms with Crippen LogP contribution in [0.15, 0.2) is 76.0 Å². The van der Waals surface area contributed by atoms with Crippen LogP contribution in [0.4, 0.5) is 13.2 Å². The fourth-order valence-corrected chi connectivity index (χ4v) is 5.71. The Morgan fingerprint density at radius 2 is 1.97 bits per heavy atom. The van der Waals surface area contributed by atoms with Crippen LogP contribution in [0.25, 0.3) is 11.1 Å². The molecule has 34 heavy (non-hydrogen) atoms. The Morgan fingerprint density at radius 3 is 2.71 bits per heavy atom. The number of Topliss-reactive ketones (excluding diaryl/α,β-unsaturated/α-hetero) is 1. The summed E-state index contributed by atoms with van der Waals surface area (Å²) in [7, 11) is 0. The molecule has 5 rings (SSSR count). The molecule has 0 bridgehead atoms. The summed E-state index contributed by atoms with van der Waals surface area (Å²) in [6.07, 6.45) is 0.628. The van der Waals surface area contributed by atoms with Crippen LogP contribution in [-0.4, -0.2) is 16.9 Å². The van der Waals surface area contributed by atoms with Crippen molar-refractivity contribution in [3.63, 3.8) is 0 Å². The lowest BCUT2D eigenvalue weighted by Crippen LogP contribution is -2.51.